The minimum Gasteiger partial charge on any atom is -0.272 e. The van der Waals surface area contributed by atoms with E-state index in [1.807, 2.05) is 0 Å². The number of sulfonamides is 1. The van der Waals surface area contributed by atoms with E-state index in [2.05, 4.69) is 19.9 Å². The predicted octanol–water partition coefficient (Wildman–Crippen LogP) is 2.19. The number of hydrogen-bond donors (Lipinski definition) is 1. The number of hydrogen-bond acceptors (Lipinski definition) is 5. The van der Waals surface area contributed by atoms with Gasteiger partial charge in [0.1, 0.15) is 11.2 Å². The number of aryl methyl sites for hydroxylation is 1. The Morgan fingerprint density at radius 3 is 2.63 bits per heavy atom. The monoisotopic (exact) mass is 400 g/mol. The summed E-state index contributed by atoms with van der Waals surface area (Å²) in [6.07, 6.45) is -2.01. The van der Waals surface area contributed by atoms with E-state index in [1.54, 1.807) is 14.0 Å². The summed E-state index contributed by atoms with van der Waals surface area (Å²) in [6, 6.07) is 4.79. The van der Waals surface area contributed by atoms with Crippen molar-refractivity contribution in [3.8, 4) is 0 Å². The van der Waals surface area contributed by atoms with E-state index in [0.717, 1.165) is 12.1 Å². The summed E-state index contributed by atoms with van der Waals surface area (Å²) in [5, 5.41) is 7.82. The molecule has 3 rings (SSSR count). The SMILES string of the molecule is Cc1c(S(=O)(=O)Nc2ncn(Cc3cccc(C(F)(F)F)c3)n2)cnn1C. The van der Waals surface area contributed by atoms with Crippen LogP contribution in [0.3, 0.4) is 0 Å². The molecule has 2 heterocycles. The summed E-state index contributed by atoms with van der Waals surface area (Å²) in [6.45, 7) is 1.60. The molecule has 0 spiro atoms. The van der Waals surface area contributed by atoms with Gasteiger partial charge < -0.3 is 0 Å². The van der Waals surface area contributed by atoms with E-state index < -0.39 is 21.8 Å². The molecular weight excluding hydrogens is 385 g/mol. The fourth-order valence-corrected chi connectivity index (χ4v) is 3.52. The van der Waals surface area contributed by atoms with Crippen molar-refractivity contribution < 1.29 is 21.6 Å². The van der Waals surface area contributed by atoms with Gasteiger partial charge in [0.2, 0.25) is 0 Å². The van der Waals surface area contributed by atoms with Crippen LogP contribution in [0.1, 0.15) is 16.8 Å². The van der Waals surface area contributed by atoms with Crippen LogP contribution in [0.25, 0.3) is 0 Å². The van der Waals surface area contributed by atoms with Crippen LogP contribution in [0.5, 0.6) is 0 Å². The molecule has 12 heteroatoms. The highest BCUT2D eigenvalue weighted by Crippen LogP contribution is 2.29. The Balaban J connectivity index is 1.77. The van der Waals surface area contributed by atoms with Crippen LogP contribution in [0.2, 0.25) is 0 Å². The number of anilines is 1. The van der Waals surface area contributed by atoms with Crippen molar-refractivity contribution in [1.82, 2.24) is 24.5 Å². The van der Waals surface area contributed by atoms with Crippen molar-refractivity contribution in [2.24, 2.45) is 7.05 Å². The molecule has 2 aromatic heterocycles. The van der Waals surface area contributed by atoms with E-state index in [-0.39, 0.29) is 17.4 Å². The quantitative estimate of drug-likeness (QED) is 0.709. The first-order chi connectivity index (χ1) is 12.6. The van der Waals surface area contributed by atoms with Crippen molar-refractivity contribution in [2.75, 3.05) is 4.72 Å². The maximum Gasteiger partial charge on any atom is 0.416 e. The Labute approximate surface area is 152 Å². The first-order valence-electron chi connectivity index (χ1n) is 7.63. The lowest BCUT2D eigenvalue weighted by atomic mass is 10.1. The molecule has 0 amide bonds. The van der Waals surface area contributed by atoms with Gasteiger partial charge in [-0.15, -0.1) is 5.10 Å². The minimum absolute atomic E-state index is 0.00453. The van der Waals surface area contributed by atoms with Crippen molar-refractivity contribution >= 4 is 16.0 Å². The lowest BCUT2D eigenvalue weighted by Gasteiger charge is -2.08. The minimum atomic E-state index is -4.44. The third-order valence-electron chi connectivity index (χ3n) is 3.84. The molecular formula is C15H15F3N6O2S. The molecule has 0 bridgehead atoms. The highest BCUT2D eigenvalue weighted by Gasteiger charge is 2.30. The molecule has 0 aliphatic carbocycles. The zero-order chi connectivity index (χ0) is 19.8. The molecule has 144 valence electrons. The molecule has 0 atom stereocenters. The molecule has 3 aromatic rings. The number of benzene rings is 1. The summed E-state index contributed by atoms with van der Waals surface area (Å²) >= 11 is 0. The van der Waals surface area contributed by atoms with Crippen molar-refractivity contribution in [2.45, 2.75) is 24.5 Å². The van der Waals surface area contributed by atoms with Gasteiger partial charge in [-0.2, -0.15) is 23.3 Å². The van der Waals surface area contributed by atoms with Gasteiger partial charge in [-0.1, -0.05) is 12.1 Å². The zero-order valence-corrected chi connectivity index (χ0v) is 15.1. The van der Waals surface area contributed by atoms with Crippen LogP contribution < -0.4 is 4.72 Å². The number of halogens is 3. The number of aromatic nitrogens is 5. The average Bonchev–Trinajstić information content (AvgIpc) is 3.14. The van der Waals surface area contributed by atoms with Crippen molar-refractivity contribution in [3.63, 3.8) is 0 Å². The van der Waals surface area contributed by atoms with E-state index >= 15 is 0 Å². The van der Waals surface area contributed by atoms with Gasteiger partial charge in [-0.25, -0.2) is 17.8 Å². The van der Waals surface area contributed by atoms with Gasteiger partial charge in [0.15, 0.2) is 0 Å². The molecule has 0 aliphatic rings. The molecule has 1 aromatic carbocycles. The van der Waals surface area contributed by atoms with Crippen LogP contribution in [0.4, 0.5) is 19.1 Å². The maximum absolute atomic E-state index is 12.8. The molecule has 8 nitrogen and oxygen atoms in total. The third-order valence-corrected chi connectivity index (χ3v) is 5.27. The van der Waals surface area contributed by atoms with Crippen LogP contribution in [-0.4, -0.2) is 33.0 Å². The molecule has 0 fully saturated rings. The second kappa shape index (κ2) is 6.68. The van der Waals surface area contributed by atoms with Crippen LogP contribution in [0.15, 0.2) is 41.7 Å². The molecule has 0 aliphatic heterocycles. The van der Waals surface area contributed by atoms with E-state index in [4.69, 9.17) is 0 Å². The van der Waals surface area contributed by atoms with Gasteiger partial charge in [0.25, 0.3) is 16.0 Å². The van der Waals surface area contributed by atoms with E-state index in [1.165, 1.54) is 34.0 Å². The van der Waals surface area contributed by atoms with Crippen LogP contribution in [-0.2, 0) is 29.8 Å². The zero-order valence-electron chi connectivity index (χ0n) is 14.3. The summed E-state index contributed by atoms with van der Waals surface area (Å²) in [5.74, 6) is -0.190. The fourth-order valence-electron chi connectivity index (χ4n) is 2.37. The number of rotatable bonds is 5. The molecule has 0 unspecified atom stereocenters. The summed E-state index contributed by atoms with van der Waals surface area (Å²) in [5.41, 5.74) is 0.0197. The first-order valence-corrected chi connectivity index (χ1v) is 9.11. The van der Waals surface area contributed by atoms with Crippen molar-refractivity contribution in [3.05, 3.63) is 53.6 Å². The van der Waals surface area contributed by atoms with Gasteiger partial charge in [-0.3, -0.25) is 4.68 Å². The van der Waals surface area contributed by atoms with Crippen LogP contribution in [0, 0.1) is 6.92 Å². The highest BCUT2D eigenvalue weighted by molar-refractivity contribution is 7.92. The molecule has 0 saturated heterocycles. The average molecular weight is 400 g/mol. The summed E-state index contributed by atoms with van der Waals surface area (Å²) in [4.78, 5) is 3.83. The van der Waals surface area contributed by atoms with Crippen molar-refractivity contribution in [1.29, 1.82) is 0 Å². The number of alkyl halides is 3. The lowest BCUT2D eigenvalue weighted by Crippen LogP contribution is -2.15. The van der Waals surface area contributed by atoms with Gasteiger partial charge >= 0.3 is 6.18 Å². The number of nitrogens with one attached hydrogen (secondary N) is 1. The topological polar surface area (TPSA) is 94.7 Å². The Bertz CT molecular complexity index is 1070. The van der Waals surface area contributed by atoms with Gasteiger partial charge in [0, 0.05) is 7.05 Å². The molecule has 0 saturated carbocycles. The van der Waals surface area contributed by atoms with E-state index in [0.29, 0.717) is 11.3 Å². The van der Waals surface area contributed by atoms with Gasteiger partial charge in [0.05, 0.1) is 24.0 Å². The van der Waals surface area contributed by atoms with Gasteiger partial charge in [-0.05, 0) is 24.6 Å². The highest BCUT2D eigenvalue weighted by atomic mass is 32.2. The first kappa shape index (κ1) is 18.9. The Hall–Kier alpha value is -2.89. The Morgan fingerprint density at radius 2 is 2.00 bits per heavy atom. The molecule has 27 heavy (non-hydrogen) atoms. The molecule has 1 N–H and O–H groups in total. The lowest BCUT2D eigenvalue weighted by molar-refractivity contribution is -0.137. The second-order valence-electron chi connectivity index (χ2n) is 5.79. The summed E-state index contributed by atoms with van der Waals surface area (Å²) in [7, 11) is -2.32. The Kier molecular flexibility index (Phi) is 4.68. The largest absolute Gasteiger partial charge is 0.416 e. The second-order valence-corrected chi connectivity index (χ2v) is 7.44. The predicted molar refractivity (Wildman–Crippen MR) is 89.3 cm³/mol. The normalized spacial score (nSPS) is 12.3. The Morgan fingerprint density at radius 1 is 1.26 bits per heavy atom. The molecule has 0 radical (unpaired) electrons. The van der Waals surface area contributed by atoms with E-state index in [9.17, 15) is 21.6 Å². The fraction of sp³-hybridized carbons (Fsp3) is 0.267. The smallest absolute Gasteiger partial charge is 0.272 e. The number of nitrogens with zero attached hydrogens (tertiary/aromatic N) is 5. The standard InChI is InChI=1S/C15H15F3N6O2S/c1-10-13(7-20-23(10)2)27(25,26)22-14-19-9-24(21-14)8-11-4-3-5-12(6-11)15(16,17)18/h3-7,9H,8H2,1-2H3,(H,21,22). The van der Waals surface area contributed by atoms with Crippen LogP contribution >= 0.6 is 0 Å². The maximum atomic E-state index is 12.8. The third kappa shape index (κ3) is 4.10. The summed E-state index contributed by atoms with van der Waals surface area (Å²) < 4.78 is 68.0.